The number of alkyl halides is 3. The van der Waals surface area contributed by atoms with Crippen molar-refractivity contribution >= 4 is 60.8 Å². The number of hydrogen-bond donors (Lipinski definition) is 1. The Morgan fingerprint density at radius 3 is 2.58 bits per heavy atom. The maximum absolute atomic E-state index is 13.7. The molecule has 1 N–H and O–H groups in total. The Hall–Kier alpha value is -2.63. The van der Waals surface area contributed by atoms with Gasteiger partial charge >= 0.3 is 6.18 Å². The molecule has 0 spiro atoms. The van der Waals surface area contributed by atoms with Gasteiger partial charge in [-0.2, -0.15) is 13.2 Å². The lowest BCUT2D eigenvalue weighted by atomic mass is 9.97. The summed E-state index contributed by atoms with van der Waals surface area (Å²) in [5.41, 5.74) is 0.225. The fraction of sp³-hybridized carbons (Fsp3) is 0.240. The van der Waals surface area contributed by atoms with Crippen LogP contribution in [0, 0.1) is 0 Å². The third-order valence-corrected chi connectivity index (χ3v) is 8.53. The third kappa shape index (κ3) is 4.96. The SMILES string of the molecule is O=C(CSc1nc2sc3c(c2c(=O)n1-c1ccc(Br)cc1)CCCC3)Nc1ccccc1C(F)(F)F. The number of carbonyl (C=O) groups is 1. The molecule has 186 valence electrons. The van der Waals surface area contributed by atoms with Gasteiger partial charge in [0.05, 0.1) is 28.1 Å². The lowest BCUT2D eigenvalue weighted by molar-refractivity contribution is -0.137. The van der Waals surface area contributed by atoms with Crippen LogP contribution in [0.5, 0.6) is 0 Å². The Kier molecular flexibility index (Phi) is 6.97. The second-order valence-electron chi connectivity index (χ2n) is 8.28. The Morgan fingerprint density at radius 1 is 1.11 bits per heavy atom. The average Bonchev–Trinajstić information content (AvgIpc) is 3.22. The first-order valence-electron chi connectivity index (χ1n) is 11.1. The summed E-state index contributed by atoms with van der Waals surface area (Å²) in [4.78, 5) is 32.9. The molecule has 36 heavy (non-hydrogen) atoms. The molecular weight excluding hydrogens is 575 g/mol. The summed E-state index contributed by atoms with van der Waals surface area (Å²) < 4.78 is 42.2. The van der Waals surface area contributed by atoms with Crippen LogP contribution in [0.2, 0.25) is 0 Å². The Balaban J connectivity index is 1.50. The molecule has 2 aromatic carbocycles. The molecule has 1 amide bonds. The highest BCUT2D eigenvalue weighted by Crippen LogP contribution is 2.36. The van der Waals surface area contributed by atoms with E-state index < -0.39 is 17.6 Å². The van der Waals surface area contributed by atoms with Gasteiger partial charge in [0.2, 0.25) is 5.91 Å². The lowest BCUT2D eigenvalue weighted by Crippen LogP contribution is -2.23. The molecule has 5 nitrogen and oxygen atoms in total. The minimum atomic E-state index is -4.59. The van der Waals surface area contributed by atoms with Gasteiger partial charge in [-0.15, -0.1) is 11.3 Å². The molecule has 2 aromatic heterocycles. The molecule has 5 rings (SSSR count). The van der Waals surface area contributed by atoms with Gasteiger partial charge in [-0.25, -0.2) is 4.98 Å². The number of hydrogen-bond acceptors (Lipinski definition) is 5. The monoisotopic (exact) mass is 593 g/mol. The third-order valence-electron chi connectivity index (χ3n) is 5.88. The molecule has 0 aliphatic heterocycles. The first-order valence-corrected chi connectivity index (χ1v) is 13.7. The number of thioether (sulfide) groups is 1. The standard InChI is InChI=1S/C25H19BrF3N3O2S2/c26-14-9-11-15(12-10-14)32-23(34)21-16-5-1-4-8-19(16)36-22(21)31-24(32)35-13-20(33)30-18-7-3-2-6-17(18)25(27,28)29/h2-3,6-7,9-12H,1,4-5,8,13H2,(H,30,33). The van der Waals surface area contributed by atoms with Crippen molar-refractivity contribution in [3.63, 3.8) is 0 Å². The number of nitrogens with one attached hydrogen (secondary N) is 1. The summed E-state index contributed by atoms with van der Waals surface area (Å²) >= 11 is 5.92. The fourth-order valence-corrected chi connectivity index (χ4v) is 6.64. The molecule has 0 fully saturated rings. The van der Waals surface area contributed by atoms with Crippen LogP contribution >= 0.6 is 39.0 Å². The molecule has 0 bridgehead atoms. The molecule has 0 radical (unpaired) electrons. The number of anilines is 1. The van der Waals surface area contributed by atoms with Crippen LogP contribution in [0.4, 0.5) is 18.9 Å². The van der Waals surface area contributed by atoms with Crippen LogP contribution in [0.15, 0.2) is 63.0 Å². The summed E-state index contributed by atoms with van der Waals surface area (Å²) in [5, 5.41) is 3.28. The number of benzene rings is 2. The Labute approximate surface area is 220 Å². The van der Waals surface area contributed by atoms with Gasteiger partial charge in [0.25, 0.3) is 5.56 Å². The van der Waals surface area contributed by atoms with E-state index >= 15 is 0 Å². The first kappa shape index (κ1) is 25.0. The number of nitrogens with zero attached hydrogens (tertiary/aromatic N) is 2. The molecule has 0 saturated heterocycles. The molecule has 1 aliphatic carbocycles. The number of aromatic nitrogens is 2. The van der Waals surface area contributed by atoms with Crippen LogP contribution < -0.4 is 10.9 Å². The van der Waals surface area contributed by atoms with Gasteiger partial charge in [0, 0.05) is 9.35 Å². The number of halogens is 4. The van der Waals surface area contributed by atoms with Crippen LogP contribution in [0.25, 0.3) is 15.9 Å². The summed E-state index contributed by atoms with van der Waals surface area (Å²) in [5.74, 6) is -0.843. The van der Waals surface area contributed by atoms with Crippen molar-refractivity contribution in [3.05, 3.63) is 79.4 Å². The predicted molar refractivity (Wildman–Crippen MR) is 140 cm³/mol. The van der Waals surface area contributed by atoms with Crippen molar-refractivity contribution in [1.82, 2.24) is 9.55 Å². The second-order valence-corrected chi connectivity index (χ2v) is 11.2. The van der Waals surface area contributed by atoms with Crippen molar-refractivity contribution in [3.8, 4) is 5.69 Å². The number of fused-ring (bicyclic) bond motifs is 3. The number of rotatable bonds is 5. The number of carbonyl (C=O) groups excluding carboxylic acids is 1. The average molecular weight is 594 g/mol. The first-order chi connectivity index (χ1) is 17.2. The molecular formula is C25H19BrF3N3O2S2. The van der Waals surface area contributed by atoms with E-state index in [4.69, 9.17) is 4.98 Å². The maximum atomic E-state index is 13.7. The van der Waals surface area contributed by atoms with E-state index in [0.29, 0.717) is 21.1 Å². The topological polar surface area (TPSA) is 64.0 Å². The van der Waals surface area contributed by atoms with E-state index in [1.54, 1.807) is 12.1 Å². The Morgan fingerprint density at radius 2 is 1.83 bits per heavy atom. The lowest BCUT2D eigenvalue weighted by Gasteiger charge is -2.15. The van der Waals surface area contributed by atoms with Gasteiger partial charge in [-0.05, 0) is 67.6 Å². The second kappa shape index (κ2) is 10.0. The van der Waals surface area contributed by atoms with Crippen molar-refractivity contribution in [2.24, 2.45) is 0 Å². The smallest absolute Gasteiger partial charge is 0.325 e. The quantitative estimate of drug-likeness (QED) is 0.203. The zero-order valence-electron chi connectivity index (χ0n) is 18.7. The van der Waals surface area contributed by atoms with Crippen LogP contribution in [0.3, 0.4) is 0 Å². The highest BCUT2D eigenvalue weighted by molar-refractivity contribution is 9.10. The molecule has 0 unspecified atom stereocenters. The zero-order chi connectivity index (χ0) is 25.4. The number of thiophene rings is 1. The summed E-state index contributed by atoms with van der Waals surface area (Å²) in [6.07, 6.45) is -0.754. The highest BCUT2D eigenvalue weighted by atomic mass is 79.9. The van der Waals surface area contributed by atoms with Crippen molar-refractivity contribution in [2.45, 2.75) is 37.0 Å². The zero-order valence-corrected chi connectivity index (χ0v) is 21.9. The van der Waals surface area contributed by atoms with Crippen molar-refractivity contribution in [1.29, 1.82) is 0 Å². The minimum absolute atomic E-state index is 0.202. The van der Waals surface area contributed by atoms with Gasteiger partial charge in [0.15, 0.2) is 5.16 Å². The number of amides is 1. The maximum Gasteiger partial charge on any atom is 0.418 e. The van der Waals surface area contributed by atoms with Crippen molar-refractivity contribution in [2.75, 3.05) is 11.1 Å². The summed E-state index contributed by atoms with van der Waals surface area (Å²) in [6, 6.07) is 12.0. The van der Waals surface area contributed by atoms with E-state index in [1.807, 2.05) is 12.1 Å². The molecule has 0 atom stereocenters. The van der Waals surface area contributed by atoms with Gasteiger partial charge < -0.3 is 5.32 Å². The highest BCUT2D eigenvalue weighted by Gasteiger charge is 2.33. The molecule has 11 heteroatoms. The van der Waals surface area contributed by atoms with E-state index in [1.165, 1.54) is 39.0 Å². The molecule has 0 saturated carbocycles. The van der Waals surface area contributed by atoms with Crippen LogP contribution in [0.1, 0.15) is 28.8 Å². The van der Waals surface area contributed by atoms with E-state index in [2.05, 4.69) is 21.2 Å². The number of aryl methyl sites for hydroxylation is 2. The predicted octanol–water partition coefficient (Wildman–Crippen LogP) is 6.84. The summed E-state index contributed by atoms with van der Waals surface area (Å²) in [7, 11) is 0. The van der Waals surface area contributed by atoms with Crippen molar-refractivity contribution < 1.29 is 18.0 Å². The van der Waals surface area contributed by atoms with Gasteiger partial charge in [-0.3, -0.25) is 14.2 Å². The van der Waals surface area contributed by atoms with Gasteiger partial charge in [-0.1, -0.05) is 39.8 Å². The van der Waals surface area contributed by atoms with Crippen LogP contribution in [-0.4, -0.2) is 21.2 Å². The van der Waals surface area contributed by atoms with E-state index in [9.17, 15) is 22.8 Å². The molecule has 1 aliphatic rings. The van der Waals surface area contributed by atoms with E-state index in [-0.39, 0.29) is 17.0 Å². The van der Waals surface area contributed by atoms with E-state index in [0.717, 1.165) is 53.5 Å². The minimum Gasteiger partial charge on any atom is -0.325 e. The molecule has 2 heterocycles. The Bertz CT molecular complexity index is 1510. The van der Waals surface area contributed by atoms with Gasteiger partial charge in [0.1, 0.15) is 4.83 Å². The van der Waals surface area contributed by atoms with Crippen LogP contribution in [-0.2, 0) is 23.8 Å². The summed E-state index contributed by atoms with van der Waals surface area (Å²) in [6.45, 7) is 0. The molecule has 4 aromatic rings. The largest absolute Gasteiger partial charge is 0.418 e. The fourth-order valence-electron chi connectivity index (χ4n) is 4.26. The normalized spacial score (nSPS) is 13.6. The number of para-hydroxylation sites is 1.